The summed E-state index contributed by atoms with van der Waals surface area (Å²) in [7, 11) is 0. The van der Waals surface area contributed by atoms with Gasteiger partial charge in [0.2, 0.25) is 0 Å². The van der Waals surface area contributed by atoms with Gasteiger partial charge in [-0.05, 0) is 18.6 Å². The number of fused-ring (bicyclic) bond motifs is 1. The van der Waals surface area contributed by atoms with Gasteiger partial charge >= 0.3 is 0 Å². The molecule has 1 aromatic heterocycles. The van der Waals surface area contributed by atoms with E-state index < -0.39 is 0 Å². The van der Waals surface area contributed by atoms with Crippen LogP contribution in [-0.2, 0) is 17.8 Å². The third kappa shape index (κ3) is 1.78. The van der Waals surface area contributed by atoms with E-state index in [0.29, 0.717) is 17.7 Å². The second-order valence-corrected chi connectivity index (χ2v) is 5.51. The van der Waals surface area contributed by atoms with E-state index in [1.54, 1.807) is 0 Å². The smallest absolute Gasteiger partial charge is 0.143 e. The molecule has 0 saturated carbocycles. The highest BCUT2D eigenvalue weighted by atomic mass is 32.2. The van der Waals surface area contributed by atoms with Gasteiger partial charge in [0.05, 0.1) is 24.2 Å². The second kappa shape index (κ2) is 4.22. The predicted molar refractivity (Wildman–Crippen MR) is 64.2 cm³/mol. The standard InChI is InChI=1S/C11H15N3OS/c12-10-7-6-15-4-3-8(7)13-11(14-10)9-2-1-5-16-9/h9H,1-6H2,(H2,12,13,14). The van der Waals surface area contributed by atoms with Crippen molar-refractivity contribution >= 4 is 17.6 Å². The van der Waals surface area contributed by atoms with Crippen molar-refractivity contribution in [2.45, 2.75) is 31.1 Å². The number of hydrogen-bond acceptors (Lipinski definition) is 5. The first-order valence-corrected chi connectivity index (χ1v) is 6.74. The van der Waals surface area contributed by atoms with Crippen molar-refractivity contribution < 1.29 is 4.74 Å². The third-order valence-corrected chi connectivity index (χ3v) is 4.46. The van der Waals surface area contributed by atoms with Crippen LogP contribution in [0, 0.1) is 0 Å². The van der Waals surface area contributed by atoms with Gasteiger partial charge in [-0.3, -0.25) is 0 Å². The highest BCUT2D eigenvalue weighted by molar-refractivity contribution is 7.99. The Kier molecular flexibility index (Phi) is 2.73. The van der Waals surface area contributed by atoms with E-state index >= 15 is 0 Å². The minimum atomic E-state index is 0.454. The normalized spacial score (nSPS) is 24.4. The molecule has 2 N–H and O–H groups in total. The molecule has 0 aliphatic carbocycles. The fourth-order valence-corrected chi connectivity index (χ4v) is 3.41. The maximum absolute atomic E-state index is 5.97. The Morgan fingerprint density at radius 2 is 2.31 bits per heavy atom. The number of ether oxygens (including phenoxy) is 1. The van der Waals surface area contributed by atoms with Crippen LogP contribution in [0.4, 0.5) is 5.82 Å². The van der Waals surface area contributed by atoms with Crippen molar-refractivity contribution in [3.05, 3.63) is 17.1 Å². The molecule has 2 aliphatic heterocycles. The van der Waals surface area contributed by atoms with Crippen LogP contribution in [0.3, 0.4) is 0 Å². The minimum Gasteiger partial charge on any atom is -0.383 e. The lowest BCUT2D eigenvalue weighted by atomic mass is 10.1. The molecule has 86 valence electrons. The molecule has 3 rings (SSSR count). The van der Waals surface area contributed by atoms with Crippen LogP contribution in [0.5, 0.6) is 0 Å². The lowest BCUT2D eigenvalue weighted by Gasteiger charge is -2.19. The third-order valence-electron chi connectivity index (χ3n) is 3.09. The van der Waals surface area contributed by atoms with Gasteiger partial charge in [-0.2, -0.15) is 11.8 Å². The molecule has 1 saturated heterocycles. The molecular formula is C11H15N3OS. The predicted octanol–water partition coefficient (Wildman–Crippen LogP) is 1.70. The van der Waals surface area contributed by atoms with Gasteiger partial charge in [-0.1, -0.05) is 0 Å². The van der Waals surface area contributed by atoms with Crippen molar-refractivity contribution in [3.63, 3.8) is 0 Å². The molecule has 0 radical (unpaired) electrons. The first-order valence-electron chi connectivity index (χ1n) is 5.69. The minimum absolute atomic E-state index is 0.454. The van der Waals surface area contributed by atoms with Gasteiger partial charge in [-0.15, -0.1) is 0 Å². The van der Waals surface area contributed by atoms with Crippen molar-refractivity contribution in [1.82, 2.24) is 9.97 Å². The van der Waals surface area contributed by atoms with Crippen LogP contribution >= 0.6 is 11.8 Å². The number of hydrogen-bond donors (Lipinski definition) is 1. The van der Waals surface area contributed by atoms with Crippen molar-refractivity contribution in [1.29, 1.82) is 0 Å². The van der Waals surface area contributed by atoms with Crippen LogP contribution in [0.25, 0.3) is 0 Å². The molecule has 0 amide bonds. The van der Waals surface area contributed by atoms with Gasteiger partial charge in [0.1, 0.15) is 11.6 Å². The number of nitrogens with zero attached hydrogens (tertiary/aromatic N) is 2. The fraction of sp³-hybridized carbons (Fsp3) is 0.636. The molecule has 1 fully saturated rings. The average Bonchev–Trinajstić information content (AvgIpc) is 2.82. The number of anilines is 1. The SMILES string of the molecule is Nc1nc(C2CCCS2)nc2c1COCC2. The van der Waals surface area contributed by atoms with E-state index in [1.807, 2.05) is 11.8 Å². The summed E-state index contributed by atoms with van der Waals surface area (Å²) in [5.41, 5.74) is 8.07. The molecule has 1 unspecified atom stereocenters. The van der Waals surface area contributed by atoms with Crippen LogP contribution in [0.15, 0.2) is 0 Å². The topological polar surface area (TPSA) is 61.0 Å². The van der Waals surface area contributed by atoms with Gasteiger partial charge in [0, 0.05) is 12.0 Å². The maximum atomic E-state index is 5.97. The zero-order chi connectivity index (χ0) is 11.0. The zero-order valence-electron chi connectivity index (χ0n) is 9.11. The first-order chi connectivity index (χ1) is 7.84. The van der Waals surface area contributed by atoms with Crippen molar-refractivity contribution in [2.24, 2.45) is 0 Å². The van der Waals surface area contributed by atoms with Crippen molar-refractivity contribution in [3.8, 4) is 0 Å². The molecule has 0 bridgehead atoms. The summed E-state index contributed by atoms with van der Waals surface area (Å²) in [6, 6.07) is 0. The number of rotatable bonds is 1. The summed E-state index contributed by atoms with van der Waals surface area (Å²) < 4.78 is 5.38. The van der Waals surface area contributed by atoms with E-state index in [9.17, 15) is 0 Å². The summed E-state index contributed by atoms with van der Waals surface area (Å²) >= 11 is 1.94. The summed E-state index contributed by atoms with van der Waals surface area (Å²) in [6.45, 7) is 1.32. The summed E-state index contributed by atoms with van der Waals surface area (Å²) in [5.74, 6) is 2.77. The number of aromatic nitrogens is 2. The Labute approximate surface area is 99.0 Å². The van der Waals surface area contributed by atoms with E-state index in [1.165, 1.54) is 18.6 Å². The monoisotopic (exact) mass is 237 g/mol. The molecule has 4 nitrogen and oxygen atoms in total. The molecule has 0 spiro atoms. The average molecular weight is 237 g/mol. The molecule has 2 aliphatic rings. The lowest BCUT2D eigenvalue weighted by molar-refractivity contribution is 0.109. The molecule has 16 heavy (non-hydrogen) atoms. The summed E-state index contributed by atoms with van der Waals surface area (Å²) in [6.07, 6.45) is 3.31. The lowest BCUT2D eigenvalue weighted by Crippen LogP contribution is -2.17. The van der Waals surface area contributed by atoms with Crippen LogP contribution in [-0.4, -0.2) is 22.3 Å². The molecule has 0 aromatic carbocycles. The number of nitrogen functional groups attached to an aromatic ring is 1. The summed E-state index contributed by atoms with van der Waals surface area (Å²) in [5, 5.41) is 0.454. The first kappa shape index (κ1) is 10.4. The maximum Gasteiger partial charge on any atom is 0.143 e. The molecule has 5 heteroatoms. The summed E-state index contributed by atoms with van der Waals surface area (Å²) in [4.78, 5) is 9.10. The Balaban J connectivity index is 1.97. The number of nitrogens with two attached hydrogens (primary N) is 1. The Hall–Kier alpha value is -0.810. The molecular weight excluding hydrogens is 222 g/mol. The van der Waals surface area contributed by atoms with E-state index in [2.05, 4.69) is 9.97 Å². The van der Waals surface area contributed by atoms with Crippen LogP contribution < -0.4 is 5.73 Å². The quantitative estimate of drug-likeness (QED) is 0.805. The Morgan fingerprint density at radius 3 is 3.12 bits per heavy atom. The molecule has 1 atom stereocenters. The van der Waals surface area contributed by atoms with Gasteiger partial charge in [0.25, 0.3) is 0 Å². The fourth-order valence-electron chi connectivity index (χ4n) is 2.20. The largest absolute Gasteiger partial charge is 0.383 e. The highest BCUT2D eigenvalue weighted by Gasteiger charge is 2.24. The van der Waals surface area contributed by atoms with Crippen LogP contribution in [0.2, 0.25) is 0 Å². The van der Waals surface area contributed by atoms with Gasteiger partial charge in [0.15, 0.2) is 0 Å². The second-order valence-electron chi connectivity index (χ2n) is 4.20. The van der Waals surface area contributed by atoms with Crippen molar-refractivity contribution in [2.75, 3.05) is 18.1 Å². The molecule has 1 aromatic rings. The van der Waals surface area contributed by atoms with Gasteiger partial charge < -0.3 is 10.5 Å². The van der Waals surface area contributed by atoms with E-state index in [-0.39, 0.29) is 0 Å². The highest BCUT2D eigenvalue weighted by Crippen LogP contribution is 2.39. The molecule has 3 heterocycles. The number of thioether (sulfide) groups is 1. The van der Waals surface area contributed by atoms with Gasteiger partial charge in [-0.25, -0.2) is 9.97 Å². The Morgan fingerprint density at radius 1 is 1.38 bits per heavy atom. The van der Waals surface area contributed by atoms with E-state index in [4.69, 9.17) is 10.5 Å². The van der Waals surface area contributed by atoms with E-state index in [0.717, 1.165) is 30.1 Å². The zero-order valence-corrected chi connectivity index (χ0v) is 9.92. The Bertz CT molecular complexity index is 404. The van der Waals surface area contributed by atoms with Crippen LogP contribution in [0.1, 0.15) is 35.2 Å².